The molecule has 1 rings (SSSR count). The van der Waals surface area contributed by atoms with Crippen molar-refractivity contribution in [1.29, 1.82) is 0 Å². The second-order valence-electron chi connectivity index (χ2n) is 6.71. The van der Waals surface area contributed by atoms with Gasteiger partial charge in [-0.05, 0) is 30.9 Å². The maximum atomic E-state index is 12.1. The molecule has 0 aromatic carbocycles. The summed E-state index contributed by atoms with van der Waals surface area (Å²) in [5, 5.41) is 2.94. The van der Waals surface area contributed by atoms with Crippen LogP contribution in [0.2, 0.25) is 0 Å². The molecule has 0 aliphatic heterocycles. The number of nitrogen functional groups attached to an aromatic ring is 1. The summed E-state index contributed by atoms with van der Waals surface area (Å²) in [6, 6.07) is 3.46. The van der Waals surface area contributed by atoms with Gasteiger partial charge in [0.25, 0.3) is 5.91 Å². The van der Waals surface area contributed by atoms with Crippen LogP contribution in [0.4, 0.5) is 5.82 Å². The number of nitrogens with one attached hydrogen (secondary N) is 1. The van der Waals surface area contributed by atoms with Crippen LogP contribution >= 0.6 is 0 Å². The molecule has 1 amide bonds. The minimum Gasteiger partial charge on any atom is -0.384 e. The number of nitrogens with zero attached hydrogens (tertiary/aromatic N) is 1. The number of carbonyl (C=O) groups excluding carboxylic acids is 1. The van der Waals surface area contributed by atoms with E-state index < -0.39 is 0 Å². The summed E-state index contributed by atoms with van der Waals surface area (Å²) in [6.07, 6.45) is 2.11. The minimum atomic E-state index is -0.123. The van der Waals surface area contributed by atoms with Crippen molar-refractivity contribution in [2.45, 2.75) is 52.9 Å². The van der Waals surface area contributed by atoms with Gasteiger partial charge >= 0.3 is 0 Å². The number of amides is 1. The van der Waals surface area contributed by atoms with Crippen LogP contribution in [0.25, 0.3) is 0 Å². The van der Waals surface area contributed by atoms with Crippen molar-refractivity contribution in [3.05, 3.63) is 23.4 Å². The highest BCUT2D eigenvalue weighted by Gasteiger charge is 2.18. The van der Waals surface area contributed by atoms with Gasteiger partial charge in [0.1, 0.15) is 5.82 Å². The Labute approximate surface area is 122 Å². The second-order valence-corrected chi connectivity index (χ2v) is 6.71. The topological polar surface area (TPSA) is 68.0 Å². The molecule has 1 aromatic heterocycles. The van der Waals surface area contributed by atoms with Crippen molar-refractivity contribution in [1.82, 2.24) is 10.3 Å². The van der Waals surface area contributed by atoms with Gasteiger partial charge < -0.3 is 11.1 Å². The lowest BCUT2D eigenvalue weighted by Crippen LogP contribution is -2.26. The van der Waals surface area contributed by atoms with E-state index in [0.29, 0.717) is 23.8 Å². The maximum Gasteiger partial charge on any atom is 0.251 e. The molecule has 0 spiro atoms. The number of rotatable bonds is 5. The normalized spacial score (nSPS) is 11.7. The molecule has 112 valence electrons. The summed E-state index contributed by atoms with van der Waals surface area (Å²) in [7, 11) is 0. The molecular formula is C16H27N3O. The molecule has 0 saturated carbocycles. The Bertz CT molecular complexity index is 461. The van der Waals surface area contributed by atoms with Crippen LogP contribution in [0.15, 0.2) is 12.1 Å². The van der Waals surface area contributed by atoms with Crippen LogP contribution in [-0.4, -0.2) is 17.4 Å². The molecule has 0 fully saturated rings. The molecule has 0 bridgehead atoms. The van der Waals surface area contributed by atoms with Gasteiger partial charge in [0.15, 0.2) is 0 Å². The number of aromatic nitrogens is 1. The van der Waals surface area contributed by atoms with Gasteiger partial charge in [-0.1, -0.05) is 34.6 Å². The van der Waals surface area contributed by atoms with Crippen LogP contribution in [0, 0.1) is 5.92 Å². The van der Waals surface area contributed by atoms with Gasteiger partial charge in [-0.15, -0.1) is 0 Å². The van der Waals surface area contributed by atoms with E-state index in [2.05, 4.69) is 44.9 Å². The molecule has 20 heavy (non-hydrogen) atoms. The second kappa shape index (κ2) is 6.73. The zero-order chi connectivity index (χ0) is 15.3. The fourth-order valence-electron chi connectivity index (χ4n) is 1.88. The Kier molecular flexibility index (Phi) is 5.54. The lowest BCUT2D eigenvalue weighted by Gasteiger charge is -2.19. The Morgan fingerprint density at radius 1 is 1.35 bits per heavy atom. The molecule has 3 N–H and O–H groups in total. The third-order valence-electron chi connectivity index (χ3n) is 3.12. The predicted molar refractivity (Wildman–Crippen MR) is 83.8 cm³/mol. The highest BCUT2D eigenvalue weighted by atomic mass is 16.1. The highest BCUT2D eigenvalue weighted by Crippen LogP contribution is 2.22. The average molecular weight is 277 g/mol. The van der Waals surface area contributed by atoms with Crippen LogP contribution in [-0.2, 0) is 5.41 Å². The number of carbonyl (C=O) groups is 1. The molecule has 0 radical (unpaired) electrons. The average Bonchev–Trinajstić information content (AvgIpc) is 2.32. The molecule has 4 nitrogen and oxygen atoms in total. The summed E-state index contributed by atoms with van der Waals surface area (Å²) in [5.41, 5.74) is 7.10. The van der Waals surface area contributed by atoms with E-state index in [-0.39, 0.29) is 11.3 Å². The predicted octanol–water partition coefficient (Wildman–Crippen LogP) is 3.13. The first-order valence-electron chi connectivity index (χ1n) is 7.26. The number of hydrogen-bond acceptors (Lipinski definition) is 3. The Balaban J connectivity index is 2.71. The van der Waals surface area contributed by atoms with Gasteiger partial charge in [0.2, 0.25) is 0 Å². The molecule has 1 aromatic rings. The number of hydrogen-bond donors (Lipinski definition) is 2. The monoisotopic (exact) mass is 277 g/mol. The number of anilines is 1. The maximum absolute atomic E-state index is 12.1. The third-order valence-corrected chi connectivity index (χ3v) is 3.12. The Morgan fingerprint density at radius 2 is 2.00 bits per heavy atom. The molecule has 0 atom stereocenters. The fourth-order valence-corrected chi connectivity index (χ4v) is 1.88. The lowest BCUT2D eigenvalue weighted by atomic mass is 9.90. The largest absolute Gasteiger partial charge is 0.384 e. The summed E-state index contributed by atoms with van der Waals surface area (Å²) < 4.78 is 0. The zero-order valence-electron chi connectivity index (χ0n) is 13.3. The van der Waals surface area contributed by atoms with E-state index in [0.717, 1.165) is 18.5 Å². The fraction of sp³-hybridized carbons (Fsp3) is 0.625. The van der Waals surface area contributed by atoms with Crippen molar-refractivity contribution >= 4 is 11.7 Å². The molecule has 0 unspecified atom stereocenters. The first-order chi connectivity index (χ1) is 9.20. The highest BCUT2D eigenvalue weighted by molar-refractivity contribution is 5.94. The van der Waals surface area contributed by atoms with Gasteiger partial charge in [0.05, 0.1) is 0 Å². The van der Waals surface area contributed by atoms with E-state index in [1.54, 1.807) is 6.07 Å². The minimum absolute atomic E-state index is 0.0756. The molecule has 0 aliphatic rings. The van der Waals surface area contributed by atoms with Gasteiger partial charge in [-0.3, -0.25) is 4.79 Å². The number of nitrogens with two attached hydrogens (primary N) is 1. The molecule has 4 heteroatoms. The van der Waals surface area contributed by atoms with E-state index in [1.807, 2.05) is 6.07 Å². The summed E-state index contributed by atoms with van der Waals surface area (Å²) >= 11 is 0. The molecule has 1 heterocycles. The van der Waals surface area contributed by atoms with Crippen LogP contribution in [0.3, 0.4) is 0 Å². The first-order valence-corrected chi connectivity index (χ1v) is 7.26. The Hall–Kier alpha value is -1.58. The standard InChI is InChI=1S/C16H27N3O/c1-11(2)7-6-8-18-15(20)12-9-13(16(3,4)5)19-14(17)10-12/h9-11H,6-8H2,1-5H3,(H2,17,19)(H,18,20). The van der Waals surface area contributed by atoms with E-state index >= 15 is 0 Å². The van der Waals surface area contributed by atoms with E-state index in [1.165, 1.54) is 0 Å². The smallest absolute Gasteiger partial charge is 0.251 e. The van der Waals surface area contributed by atoms with Crippen molar-refractivity contribution in [2.24, 2.45) is 5.92 Å². The zero-order valence-corrected chi connectivity index (χ0v) is 13.3. The van der Waals surface area contributed by atoms with Crippen LogP contribution in [0.5, 0.6) is 0 Å². The van der Waals surface area contributed by atoms with Crippen molar-refractivity contribution < 1.29 is 4.79 Å². The van der Waals surface area contributed by atoms with Crippen molar-refractivity contribution in [2.75, 3.05) is 12.3 Å². The van der Waals surface area contributed by atoms with Crippen molar-refractivity contribution in [3.63, 3.8) is 0 Å². The van der Waals surface area contributed by atoms with Gasteiger partial charge in [0, 0.05) is 23.2 Å². The van der Waals surface area contributed by atoms with Crippen molar-refractivity contribution in [3.8, 4) is 0 Å². The third kappa shape index (κ3) is 5.19. The summed E-state index contributed by atoms with van der Waals surface area (Å²) in [5.74, 6) is 0.981. The first kappa shape index (κ1) is 16.5. The molecule has 0 aliphatic carbocycles. The quantitative estimate of drug-likeness (QED) is 0.812. The molecule has 0 saturated heterocycles. The van der Waals surface area contributed by atoms with E-state index in [4.69, 9.17) is 5.73 Å². The SMILES string of the molecule is CC(C)CCCNC(=O)c1cc(N)nc(C(C)(C)C)c1. The van der Waals surface area contributed by atoms with Crippen LogP contribution in [0.1, 0.15) is 63.5 Å². The van der Waals surface area contributed by atoms with Gasteiger partial charge in [-0.2, -0.15) is 0 Å². The summed E-state index contributed by atoms with van der Waals surface area (Å²) in [4.78, 5) is 16.4. The van der Waals surface area contributed by atoms with E-state index in [9.17, 15) is 4.79 Å². The molecular weight excluding hydrogens is 250 g/mol. The Morgan fingerprint density at radius 3 is 2.55 bits per heavy atom. The number of pyridine rings is 1. The van der Waals surface area contributed by atoms with Crippen LogP contribution < -0.4 is 11.1 Å². The summed E-state index contributed by atoms with van der Waals surface area (Å²) in [6.45, 7) is 11.2. The van der Waals surface area contributed by atoms with Gasteiger partial charge in [-0.25, -0.2) is 4.98 Å². The lowest BCUT2D eigenvalue weighted by molar-refractivity contribution is 0.0952.